The molecule has 0 bridgehead atoms. The number of halogens is 1. The number of carboxylic acids is 1. The summed E-state index contributed by atoms with van der Waals surface area (Å²) in [6.07, 6.45) is 0. The fourth-order valence-corrected chi connectivity index (χ4v) is 3.37. The topological polar surface area (TPSA) is 65.1 Å². The maximum Gasteiger partial charge on any atom is 0.336 e. The molecule has 1 atom stereocenters. The van der Waals surface area contributed by atoms with E-state index >= 15 is 0 Å². The van der Waals surface area contributed by atoms with Crippen molar-refractivity contribution in [3.05, 3.63) is 35.0 Å². The lowest BCUT2D eigenvalue weighted by molar-refractivity contribution is 0.0699. The first kappa shape index (κ1) is 13.5. The van der Waals surface area contributed by atoms with Gasteiger partial charge in [0, 0.05) is 34.4 Å². The smallest absolute Gasteiger partial charge is 0.336 e. The lowest BCUT2D eigenvalue weighted by atomic mass is 9.78. The van der Waals surface area contributed by atoms with Crippen LogP contribution in [0.15, 0.2) is 18.2 Å². The van der Waals surface area contributed by atoms with E-state index < -0.39 is 5.97 Å². The molecule has 5 heteroatoms. The van der Waals surface area contributed by atoms with Crippen LogP contribution in [0.4, 0.5) is 0 Å². The number of aromatic amines is 1. The van der Waals surface area contributed by atoms with E-state index in [1.165, 1.54) is 0 Å². The minimum Gasteiger partial charge on any atom is -0.478 e. The molecule has 20 heavy (non-hydrogen) atoms. The molecule has 2 aromatic rings. The first-order valence-corrected chi connectivity index (χ1v) is 7.17. The van der Waals surface area contributed by atoms with Crippen LogP contribution < -0.4 is 5.32 Å². The van der Waals surface area contributed by atoms with E-state index in [4.69, 9.17) is 11.6 Å². The number of nitrogens with one attached hydrogen (secondary N) is 2. The van der Waals surface area contributed by atoms with Gasteiger partial charge in [0.1, 0.15) is 0 Å². The maximum absolute atomic E-state index is 11.5. The van der Waals surface area contributed by atoms with Gasteiger partial charge in [-0.15, -0.1) is 11.6 Å². The number of hydrogen-bond donors (Lipinski definition) is 3. The average Bonchev–Trinajstić information content (AvgIpc) is 2.78. The number of aromatic nitrogens is 1. The zero-order valence-corrected chi connectivity index (χ0v) is 12.2. The van der Waals surface area contributed by atoms with Crippen molar-refractivity contribution >= 4 is 28.5 Å². The van der Waals surface area contributed by atoms with Gasteiger partial charge in [-0.2, -0.15) is 0 Å². The standard InChI is InChI=1S/C15H17ClN2O2/c1-15(2)7-17-10(6-16)13-12(15)11-8(14(19)20)4-3-5-9(11)18-13/h3-5,10,17-18H,6-7H2,1-2H3,(H,19,20). The molecular weight excluding hydrogens is 276 g/mol. The second-order valence-electron chi connectivity index (χ2n) is 5.92. The lowest BCUT2D eigenvalue weighted by Crippen LogP contribution is -2.42. The number of rotatable bonds is 2. The first-order chi connectivity index (χ1) is 9.45. The molecule has 1 unspecified atom stereocenters. The van der Waals surface area contributed by atoms with Gasteiger partial charge in [0.25, 0.3) is 0 Å². The molecule has 0 saturated heterocycles. The van der Waals surface area contributed by atoms with Gasteiger partial charge in [-0.25, -0.2) is 4.79 Å². The number of carbonyl (C=O) groups is 1. The van der Waals surface area contributed by atoms with Gasteiger partial charge < -0.3 is 15.4 Å². The third kappa shape index (κ3) is 1.83. The highest BCUT2D eigenvalue weighted by atomic mass is 35.5. The van der Waals surface area contributed by atoms with Gasteiger partial charge in [-0.3, -0.25) is 0 Å². The number of carboxylic acid groups (broad SMARTS) is 1. The van der Waals surface area contributed by atoms with Crippen molar-refractivity contribution in [3.8, 4) is 0 Å². The predicted molar refractivity (Wildman–Crippen MR) is 79.7 cm³/mol. The van der Waals surface area contributed by atoms with Gasteiger partial charge in [-0.05, 0) is 17.7 Å². The van der Waals surface area contributed by atoms with E-state index in [2.05, 4.69) is 24.1 Å². The summed E-state index contributed by atoms with van der Waals surface area (Å²) in [6, 6.07) is 5.38. The highest BCUT2D eigenvalue weighted by Crippen LogP contribution is 2.41. The third-order valence-electron chi connectivity index (χ3n) is 4.05. The molecule has 0 amide bonds. The molecule has 0 fully saturated rings. The van der Waals surface area contributed by atoms with E-state index in [1.54, 1.807) is 12.1 Å². The molecule has 106 valence electrons. The summed E-state index contributed by atoms with van der Waals surface area (Å²) >= 11 is 6.03. The number of fused-ring (bicyclic) bond motifs is 3. The van der Waals surface area contributed by atoms with Crippen LogP contribution in [0.1, 0.15) is 41.5 Å². The number of H-pyrrole nitrogens is 1. The van der Waals surface area contributed by atoms with Gasteiger partial charge in [0.15, 0.2) is 0 Å². The fourth-order valence-electron chi connectivity index (χ4n) is 3.11. The van der Waals surface area contributed by atoms with Gasteiger partial charge in [0.2, 0.25) is 0 Å². The molecule has 1 aliphatic heterocycles. The number of aromatic carboxylic acids is 1. The summed E-state index contributed by atoms with van der Waals surface area (Å²) in [5.74, 6) is -0.438. The van der Waals surface area contributed by atoms with Crippen LogP contribution >= 0.6 is 11.6 Å². The first-order valence-electron chi connectivity index (χ1n) is 6.63. The lowest BCUT2D eigenvalue weighted by Gasteiger charge is -2.35. The minimum atomic E-state index is -0.894. The molecule has 1 aliphatic rings. The zero-order chi connectivity index (χ0) is 14.5. The summed E-state index contributed by atoms with van der Waals surface area (Å²) < 4.78 is 0. The van der Waals surface area contributed by atoms with Crippen LogP contribution in [0.2, 0.25) is 0 Å². The van der Waals surface area contributed by atoms with Crippen molar-refractivity contribution in [1.82, 2.24) is 10.3 Å². The molecule has 3 N–H and O–H groups in total. The Morgan fingerprint density at radius 1 is 1.50 bits per heavy atom. The summed E-state index contributed by atoms with van der Waals surface area (Å²) in [7, 11) is 0. The SMILES string of the molecule is CC1(C)CNC(CCl)c2[nH]c3cccc(C(=O)O)c3c21. The van der Waals surface area contributed by atoms with E-state index in [-0.39, 0.29) is 11.5 Å². The van der Waals surface area contributed by atoms with Crippen molar-refractivity contribution < 1.29 is 9.90 Å². The highest BCUT2D eigenvalue weighted by molar-refractivity contribution is 6.18. The molecular formula is C15H17ClN2O2. The van der Waals surface area contributed by atoms with E-state index in [0.717, 1.165) is 28.7 Å². The van der Waals surface area contributed by atoms with Crippen molar-refractivity contribution in [2.24, 2.45) is 0 Å². The quantitative estimate of drug-likeness (QED) is 0.746. The van der Waals surface area contributed by atoms with Crippen molar-refractivity contribution in [1.29, 1.82) is 0 Å². The van der Waals surface area contributed by atoms with Crippen LogP contribution in [0, 0.1) is 0 Å². The largest absolute Gasteiger partial charge is 0.478 e. The Morgan fingerprint density at radius 3 is 2.90 bits per heavy atom. The van der Waals surface area contributed by atoms with Crippen LogP contribution in [0.5, 0.6) is 0 Å². The second-order valence-corrected chi connectivity index (χ2v) is 6.23. The highest BCUT2D eigenvalue weighted by Gasteiger charge is 2.36. The molecule has 4 nitrogen and oxygen atoms in total. The summed E-state index contributed by atoms with van der Waals surface area (Å²) in [5, 5.41) is 13.7. The molecule has 0 aliphatic carbocycles. The molecule has 0 saturated carbocycles. The second kappa shape index (κ2) is 4.50. The Hall–Kier alpha value is -1.52. The third-order valence-corrected chi connectivity index (χ3v) is 4.36. The van der Waals surface area contributed by atoms with E-state index in [0.29, 0.717) is 11.4 Å². The van der Waals surface area contributed by atoms with Crippen LogP contribution in [-0.4, -0.2) is 28.5 Å². The van der Waals surface area contributed by atoms with Gasteiger partial charge >= 0.3 is 5.97 Å². The monoisotopic (exact) mass is 292 g/mol. The molecule has 2 heterocycles. The Bertz CT molecular complexity index is 690. The zero-order valence-electron chi connectivity index (χ0n) is 11.5. The molecule has 0 radical (unpaired) electrons. The number of alkyl halides is 1. The molecule has 1 aromatic carbocycles. The number of hydrogen-bond acceptors (Lipinski definition) is 2. The van der Waals surface area contributed by atoms with Gasteiger partial charge in [0.05, 0.1) is 11.6 Å². The van der Waals surface area contributed by atoms with Crippen LogP contribution in [0.3, 0.4) is 0 Å². The average molecular weight is 293 g/mol. The Kier molecular flexibility index (Phi) is 3.03. The Labute approximate surface area is 122 Å². The number of benzene rings is 1. The summed E-state index contributed by atoms with van der Waals surface area (Å²) in [5.41, 5.74) is 3.17. The van der Waals surface area contributed by atoms with Crippen molar-refractivity contribution in [3.63, 3.8) is 0 Å². The summed E-state index contributed by atoms with van der Waals surface area (Å²) in [6.45, 7) is 5.02. The van der Waals surface area contributed by atoms with E-state index in [9.17, 15) is 9.90 Å². The Balaban J connectivity index is 2.40. The normalized spacial score (nSPS) is 20.9. The van der Waals surface area contributed by atoms with Crippen molar-refractivity contribution in [2.45, 2.75) is 25.3 Å². The van der Waals surface area contributed by atoms with Gasteiger partial charge in [-0.1, -0.05) is 19.9 Å². The fraction of sp³-hybridized carbons (Fsp3) is 0.400. The summed E-state index contributed by atoms with van der Waals surface area (Å²) in [4.78, 5) is 14.9. The minimum absolute atomic E-state index is 0.0359. The maximum atomic E-state index is 11.5. The van der Waals surface area contributed by atoms with Crippen LogP contribution in [-0.2, 0) is 5.41 Å². The van der Waals surface area contributed by atoms with Crippen molar-refractivity contribution in [2.75, 3.05) is 12.4 Å². The van der Waals surface area contributed by atoms with Crippen LogP contribution in [0.25, 0.3) is 10.9 Å². The molecule has 0 spiro atoms. The van der Waals surface area contributed by atoms with E-state index in [1.807, 2.05) is 6.07 Å². The Morgan fingerprint density at radius 2 is 2.25 bits per heavy atom. The molecule has 3 rings (SSSR count). The molecule has 1 aromatic heterocycles. The predicted octanol–water partition coefficient (Wildman–Crippen LogP) is 3.03.